The number of sulfonamides is 1. The first-order valence-electron chi connectivity index (χ1n) is 9.56. The van der Waals surface area contributed by atoms with E-state index in [0.29, 0.717) is 5.56 Å². The normalized spacial score (nSPS) is 11.5. The summed E-state index contributed by atoms with van der Waals surface area (Å²) in [5.41, 5.74) is 4.57. The van der Waals surface area contributed by atoms with Crippen LogP contribution in [-0.4, -0.2) is 23.8 Å². The molecule has 1 amide bonds. The van der Waals surface area contributed by atoms with Gasteiger partial charge in [-0.1, -0.05) is 42.0 Å². The monoisotopic (exact) mass is 442 g/mol. The predicted octanol–water partition coefficient (Wildman–Crippen LogP) is 3.95. The maximum Gasteiger partial charge on any atom is 0.274 e. The molecule has 3 aromatic rings. The third kappa shape index (κ3) is 5.35. The Bertz CT molecular complexity index is 1180. The van der Waals surface area contributed by atoms with Crippen LogP contribution in [0.3, 0.4) is 0 Å². The van der Waals surface area contributed by atoms with E-state index in [1.807, 2.05) is 31.2 Å². The Morgan fingerprint density at radius 3 is 2.00 bits per heavy atom. The molecule has 3 rings (SSSR count). The molecule has 0 bridgehead atoms. The Hall–Kier alpha value is -3.07. The Morgan fingerprint density at radius 1 is 0.935 bits per heavy atom. The van der Waals surface area contributed by atoms with Crippen LogP contribution in [-0.2, 0) is 23.1 Å². The highest BCUT2D eigenvalue weighted by Crippen LogP contribution is 2.23. The van der Waals surface area contributed by atoms with Crippen LogP contribution in [0.2, 0.25) is 0 Å². The smallest absolute Gasteiger partial charge is 0.274 e. The lowest BCUT2D eigenvalue weighted by molar-refractivity contribution is 0.0706. The van der Waals surface area contributed by atoms with E-state index in [1.165, 1.54) is 35.5 Å². The molecule has 0 saturated carbocycles. The molecule has 0 aliphatic heterocycles. The second-order valence-electron chi connectivity index (χ2n) is 7.31. The number of hydroxylamine groups is 1. The molecule has 31 heavy (non-hydrogen) atoms. The van der Waals surface area contributed by atoms with Crippen molar-refractivity contribution in [3.05, 3.63) is 100 Å². The Kier molecular flexibility index (Phi) is 6.84. The standard InChI is InChI=1S/C23H23FN2O4S/c1-16-3-5-18(6-4-16)14-26(15-19-7-9-20(10-8-19)23(27)25-28)31(29,30)21-11-12-22(24)17(2)13-21/h3-13,28H,14-15H2,1-2H3,(H,25,27). The number of halogens is 1. The molecule has 0 heterocycles. The first-order chi connectivity index (χ1) is 14.7. The van der Waals surface area contributed by atoms with E-state index in [2.05, 4.69) is 0 Å². The van der Waals surface area contributed by atoms with Crippen LogP contribution in [0.15, 0.2) is 71.6 Å². The van der Waals surface area contributed by atoms with Crippen LogP contribution in [0.4, 0.5) is 4.39 Å². The lowest BCUT2D eigenvalue weighted by Crippen LogP contribution is -2.30. The van der Waals surface area contributed by atoms with Gasteiger partial charge in [0, 0.05) is 18.7 Å². The molecule has 0 aliphatic rings. The zero-order valence-corrected chi connectivity index (χ0v) is 18.0. The Balaban J connectivity index is 1.96. The summed E-state index contributed by atoms with van der Waals surface area (Å²) in [6.45, 7) is 3.64. The SMILES string of the molecule is Cc1ccc(CN(Cc2ccc(C(=O)NO)cc2)S(=O)(=O)c2ccc(F)c(C)c2)cc1. The molecule has 0 radical (unpaired) electrons. The molecular weight excluding hydrogens is 419 g/mol. The van der Waals surface area contributed by atoms with Crippen molar-refractivity contribution in [2.75, 3.05) is 0 Å². The molecule has 2 N–H and O–H groups in total. The number of amides is 1. The predicted molar refractivity (Wildman–Crippen MR) is 114 cm³/mol. The van der Waals surface area contributed by atoms with Crippen LogP contribution >= 0.6 is 0 Å². The van der Waals surface area contributed by atoms with Crippen molar-refractivity contribution >= 4 is 15.9 Å². The van der Waals surface area contributed by atoms with E-state index < -0.39 is 21.7 Å². The van der Waals surface area contributed by atoms with Gasteiger partial charge in [0.05, 0.1) is 4.90 Å². The third-order valence-corrected chi connectivity index (χ3v) is 6.71. The molecule has 0 spiro atoms. The third-order valence-electron chi connectivity index (χ3n) is 4.92. The quantitative estimate of drug-likeness (QED) is 0.428. The molecule has 0 saturated heterocycles. The summed E-state index contributed by atoms with van der Waals surface area (Å²) in [5, 5.41) is 8.75. The molecule has 3 aromatic carbocycles. The highest BCUT2D eigenvalue weighted by Gasteiger charge is 2.26. The maximum absolute atomic E-state index is 13.7. The molecule has 8 heteroatoms. The van der Waals surface area contributed by atoms with Crippen molar-refractivity contribution in [3.63, 3.8) is 0 Å². The van der Waals surface area contributed by atoms with Gasteiger partial charge in [0.15, 0.2) is 0 Å². The largest absolute Gasteiger partial charge is 0.288 e. The number of hydrogen-bond acceptors (Lipinski definition) is 4. The molecule has 6 nitrogen and oxygen atoms in total. The number of carbonyl (C=O) groups excluding carboxylic acids is 1. The summed E-state index contributed by atoms with van der Waals surface area (Å²) in [6, 6.07) is 17.5. The fourth-order valence-electron chi connectivity index (χ4n) is 3.08. The average molecular weight is 443 g/mol. The molecular formula is C23H23FN2O4S. The zero-order chi connectivity index (χ0) is 22.6. The van der Waals surface area contributed by atoms with Crippen LogP contribution < -0.4 is 5.48 Å². The van der Waals surface area contributed by atoms with Crippen molar-refractivity contribution in [3.8, 4) is 0 Å². The van der Waals surface area contributed by atoms with Crippen LogP contribution in [0.1, 0.15) is 32.6 Å². The lowest BCUT2D eigenvalue weighted by Gasteiger charge is -2.23. The number of hydrogen-bond donors (Lipinski definition) is 2. The van der Waals surface area contributed by atoms with Gasteiger partial charge >= 0.3 is 0 Å². The van der Waals surface area contributed by atoms with Crippen LogP contribution in [0, 0.1) is 19.7 Å². The number of benzene rings is 3. The van der Waals surface area contributed by atoms with E-state index in [9.17, 15) is 17.6 Å². The number of aryl methyl sites for hydroxylation is 2. The molecule has 0 atom stereocenters. The van der Waals surface area contributed by atoms with Gasteiger partial charge < -0.3 is 0 Å². The summed E-state index contributed by atoms with van der Waals surface area (Å²) < 4.78 is 41.8. The second kappa shape index (κ2) is 9.38. The number of nitrogens with one attached hydrogen (secondary N) is 1. The van der Waals surface area contributed by atoms with Gasteiger partial charge in [-0.25, -0.2) is 18.3 Å². The van der Waals surface area contributed by atoms with Crippen molar-refractivity contribution < 1.29 is 22.8 Å². The van der Waals surface area contributed by atoms with Gasteiger partial charge in [0.2, 0.25) is 10.0 Å². The first kappa shape index (κ1) is 22.6. The zero-order valence-electron chi connectivity index (χ0n) is 17.2. The van der Waals surface area contributed by atoms with E-state index in [-0.39, 0.29) is 29.1 Å². The minimum absolute atomic E-state index is 0.00906. The number of carbonyl (C=O) groups is 1. The summed E-state index contributed by atoms with van der Waals surface area (Å²) in [5.74, 6) is -1.13. The maximum atomic E-state index is 13.7. The van der Waals surface area contributed by atoms with Gasteiger partial charge in [0.1, 0.15) is 5.82 Å². The van der Waals surface area contributed by atoms with Gasteiger partial charge in [-0.2, -0.15) is 4.31 Å². The Morgan fingerprint density at radius 2 is 1.48 bits per heavy atom. The van der Waals surface area contributed by atoms with E-state index in [1.54, 1.807) is 17.6 Å². The van der Waals surface area contributed by atoms with Crippen molar-refractivity contribution in [2.24, 2.45) is 0 Å². The van der Waals surface area contributed by atoms with Crippen molar-refractivity contribution in [2.45, 2.75) is 31.8 Å². The highest BCUT2D eigenvalue weighted by molar-refractivity contribution is 7.89. The van der Waals surface area contributed by atoms with E-state index in [4.69, 9.17) is 5.21 Å². The molecule has 0 aliphatic carbocycles. The summed E-state index contributed by atoms with van der Waals surface area (Å²) >= 11 is 0. The van der Waals surface area contributed by atoms with Crippen molar-refractivity contribution in [1.29, 1.82) is 0 Å². The molecule has 162 valence electrons. The van der Waals surface area contributed by atoms with Gasteiger partial charge in [-0.3, -0.25) is 10.0 Å². The summed E-state index contributed by atoms with van der Waals surface area (Å²) in [7, 11) is -3.93. The van der Waals surface area contributed by atoms with Gasteiger partial charge in [-0.05, 0) is 60.9 Å². The number of nitrogens with zero attached hydrogens (tertiary/aromatic N) is 1. The second-order valence-corrected chi connectivity index (χ2v) is 9.25. The first-order valence-corrected chi connectivity index (χ1v) is 11.0. The summed E-state index contributed by atoms with van der Waals surface area (Å²) in [4.78, 5) is 11.5. The summed E-state index contributed by atoms with van der Waals surface area (Å²) in [6.07, 6.45) is 0. The fraction of sp³-hybridized carbons (Fsp3) is 0.174. The average Bonchev–Trinajstić information content (AvgIpc) is 2.76. The molecule has 0 aromatic heterocycles. The fourth-order valence-corrected chi connectivity index (χ4v) is 4.58. The molecule has 0 fully saturated rings. The minimum Gasteiger partial charge on any atom is -0.288 e. The highest BCUT2D eigenvalue weighted by atomic mass is 32.2. The lowest BCUT2D eigenvalue weighted by atomic mass is 10.1. The Labute approximate surface area is 181 Å². The topological polar surface area (TPSA) is 86.7 Å². The minimum atomic E-state index is -3.93. The van der Waals surface area contributed by atoms with E-state index >= 15 is 0 Å². The molecule has 0 unspecified atom stereocenters. The number of rotatable bonds is 7. The van der Waals surface area contributed by atoms with Crippen LogP contribution in [0.5, 0.6) is 0 Å². The van der Waals surface area contributed by atoms with Crippen molar-refractivity contribution in [1.82, 2.24) is 9.79 Å². The van der Waals surface area contributed by atoms with Crippen LogP contribution in [0.25, 0.3) is 0 Å². The van der Waals surface area contributed by atoms with E-state index in [0.717, 1.165) is 17.2 Å². The van der Waals surface area contributed by atoms with Gasteiger partial charge in [-0.15, -0.1) is 0 Å². The van der Waals surface area contributed by atoms with Gasteiger partial charge in [0.25, 0.3) is 5.91 Å².